The van der Waals surface area contributed by atoms with Gasteiger partial charge in [-0.15, -0.1) is 0 Å². The van der Waals surface area contributed by atoms with Crippen LogP contribution in [0.1, 0.15) is 28.8 Å². The molecule has 5 rings (SSSR count). The van der Waals surface area contributed by atoms with Crippen molar-refractivity contribution in [2.45, 2.75) is 12.1 Å². The van der Waals surface area contributed by atoms with E-state index in [0.29, 0.717) is 47.5 Å². The maximum atomic E-state index is 14.3. The molecule has 3 aromatic rings. The minimum absolute atomic E-state index is 0.0871. The molecule has 2 aliphatic heterocycles. The summed E-state index contributed by atoms with van der Waals surface area (Å²) >= 11 is 12.4. The molecule has 1 saturated heterocycles. The fraction of sp³-hybridized carbons (Fsp3) is 0.276. The third kappa shape index (κ3) is 5.45. The first kappa shape index (κ1) is 27.8. The topological polar surface area (TPSA) is 112 Å². The second-order valence-corrected chi connectivity index (χ2v) is 10.4. The number of hydrogen-bond acceptors (Lipinski definition) is 6. The molecule has 2 heterocycles. The van der Waals surface area contributed by atoms with Crippen molar-refractivity contribution < 1.29 is 19.4 Å². The van der Waals surface area contributed by atoms with E-state index in [1.54, 1.807) is 46.2 Å². The maximum Gasteiger partial charge on any atom is 0.326 e. The number of phenols is 1. The second kappa shape index (κ2) is 11.8. The molecule has 0 unspecified atom stereocenters. The van der Waals surface area contributed by atoms with Crippen LogP contribution in [0.25, 0.3) is 0 Å². The minimum atomic E-state index is -0.598. The molecule has 3 amide bonds. The van der Waals surface area contributed by atoms with E-state index in [1.807, 2.05) is 24.3 Å². The largest absolute Gasteiger partial charge is 0.507 e. The van der Waals surface area contributed by atoms with Gasteiger partial charge in [0.05, 0.1) is 18.7 Å². The lowest BCUT2D eigenvalue weighted by Gasteiger charge is -2.38. The Morgan fingerprint density at radius 1 is 1.02 bits per heavy atom. The molecule has 2 aliphatic rings. The van der Waals surface area contributed by atoms with E-state index in [4.69, 9.17) is 38.7 Å². The van der Waals surface area contributed by atoms with E-state index in [-0.39, 0.29) is 24.0 Å². The van der Waals surface area contributed by atoms with Gasteiger partial charge < -0.3 is 25.4 Å². The Kier molecular flexibility index (Phi) is 8.16. The molecule has 0 aliphatic carbocycles. The predicted octanol–water partition coefficient (Wildman–Crippen LogP) is 4.48. The number of amidine groups is 1. The number of hydrogen-bond donors (Lipinski definition) is 2. The molecule has 0 aromatic heterocycles. The molecule has 0 spiro atoms. The molecule has 3 aromatic carbocycles. The molecular formula is C29H29Cl2N5O4. The molecule has 3 N–H and O–H groups in total. The maximum absolute atomic E-state index is 14.3. The number of phenolic OH excluding ortho intramolecular Hbond substituents is 1. The number of urea groups is 1. The van der Waals surface area contributed by atoms with Crippen molar-refractivity contribution >= 4 is 41.0 Å². The summed E-state index contributed by atoms with van der Waals surface area (Å²) in [5.74, 6) is 0.475. The van der Waals surface area contributed by atoms with Crippen LogP contribution in [0, 0.1) is 0 Å². The molecule has 1 fully saturated rings. The lowest BCUT2D eigenvalue weighted by molar-refractivity contribution is -0.134. The van der Waals surface area contributed by atoms with Crippen LogP contribution in [-0.2, 0) is 4.79 Å². The average molecular weight is 582 g/mol. The Labute approximate surface area is 242 Å². The van der Waals surface area contributed by atoms with Crippen LogP contribution in [0.2, 0.25) is 10.0 Å². The van der Waals surface area contributed by atoms with Crippen molar-refractivity contribution in [3.8, 4) is 11.5 Å². The summed E-state index contributed by atoms with van der Waals surface area (Å²) in [6.07, 6.45) is 0. The van der Waals surface area contributed by atoms with Gasteiger partial charge in [0, 0.05) is 42.3 Å². The van der Waals surface area contributed by atoms with Gasteiger partial charge in [-0.3, -0.25) is 14.7 Å². The fourth-order valence-corrected chi connectivity index (χ4v) is 5.35. The highest BCUT2D eigenvalue weighted by molar-refractivity contribution is 6.30. The van der Waals surface area contributed by atoms with Gasteiger partial charge >= 0.3 is 6.03 Å². The number of amides is 3. The summed E-state index contributed by atoms with van der Waals surface area (Å²) in [5, 5.41) is 12.1. The lowest BCUT2D eigenvalue weighted by Crippen LogP contribution is -2.57. The van der Waals surface area contributed by atoms with Gasteiger partial charge in [-0.05, 0) is 47.5 Å². The number of piperazine rings is 1. The van der Waals surface area contributed by atoms with Crippen LogP contribution in [0.3, 0.4) is 0 Å². The summed E-state index contributed by atoms with van der Waals surface area (Å²) in [6, 6.07) is 17.8. The number of rotatable bonds is 6. The van der Waals surface area contributed by atoms with E-state index < -0.39 is 18.1 Å². The van der Waals surface area contributed by atoms with Gasteiger partial charge in [-0.2, -0.15) is 0 Å². The lowest BCUT2D eigenvalue weighted by atomic mass is 9.93. The first-order chi connectivity index (χ1) is 19.3. The quantitative estimate of drug-likeness (QED) is 0.446. The Morgan fingerprint density at radius 3 is 2.25 bits per heavy atom. The third-order valence-electron chi connectivity index (χ3n) is 7.13. The molecule has 208 valence electrons. The van der Waals surface area contributed by atoms with Crippen molar-refractivity contribution in [3.63, 3.8) is 0 Å². The van der Waals surface area contributed by atoms with Gasteiger partial charge in [0.1, 0.15) is 29.9 Å². The number of halogens is 2. The van der Waals surface area contributed by atoms with E-state index in [0.717, 1.165) is 11.1 Å². The van der Waals surface area contributed by atoms with Gasteiger partial charge in [0.25, 0.3) is 0 Å². The summed E-state index contributed by atoms with van der Waals surface area (Å²) in [5.41, 5.74) is 7.63. The van der Waals surface area contributed by atoms with Crippen LogP contribution in [-0.4, -0.2) is 77.4 Å². The number of nitrogens with two attached hydrogens (primary N) is 1. The van der Waals surface area contributed by atoms with Gasteiger partial charge in [0.15, 0.2) is 0 Å². The SMILES string of the molecule is COc1ccc(C2=N[C@@H](c3ccc(Cl)cc3)[C@@H](c3ccc(Cl)cc3)N2C(=O)N2CCN(CCN)C(=O)C2)c(O)c1. The highest BCUT2D eigenvalue weighted by Gasteiger charge is 2.45. The van der Waals surface area contributed by atoms with Crippen molar-refractivity contribution in [2.75, 3.05) is 39.8 Å². The molecule has 0 bridgehead atoms. The number of carbonyl (C=O) groups is 2. The van der Waals surface area contributed by atoms with E-state index >= 15 is 0 Å². The Balaban J connectivity index is 1.63. The van der Waals surface area contributed by atoms with Crippen molar-refractivity contribution in [2.24, 2.45) is 10.7 Å². The summed E-state index contributed by atoms with van der Waals surface area (Å²) < 4.78 is 5.26. The standard InChI is InChI=1S/C29H29Cl2N5O4/c1-40-22-10-11-23(24(37)16-22)28-33-26(18-2-6-20(30)7-3-18)27(19-4-8-21(31)9-5-19)36(28)29(39)35-15-14-34(13-12-32)25(38)17-35/h2-11,16,26-27,37H,12-15,17,32H2,1H3/t26-,27+/m0/s1. The number of aliphatic imine (C=N–C) groups is 1. The van der Waals surface area contributed by atoms with Gasteiger partial charge in [-0.1, -0.05) is 47.5 Å². The molecule has 9 nitrogen and oxygen atoms in total. The number of methoxy groups -OCH3 is 1. The van der Waals surface area contributed by atoms with E-state index in [2.05, 4.69) is 0 Å². The van der Waals surface area contributed by atoms with Crippen molar-refractivity contribution in [1.29, 1.82) is 0 Å². The number of aromatic hydroxyl groups is 1. The van der Waals surface area contributed by atoms with Gasteiger partial charge in [-0.25, -0.2) is 4.79 Å². The summed E-state index contributed by atoms with van der Waals surface area (Å²) in [6.45, 7) is 1.41. The first-order valence-electron chi connectivity index (χ1n) is 12.8. The molecule has 11 heteroatoms. The van der Waals surface area contributed by atoms with Gasteiger partial charge in [0.2, 0.25) is 5.91 Å². The highest BCUT2D eigenvalue weighted by atomic mass is 35.5. The molecule has 40 heavy (non-hydrogen) atoms. The molecular weight excluding hydrogens is 553 g/mol. The monoisotopic (exact) mass is 581 g/mol. The summed E-state index contributed by atoms with van der Waals surface area (Å²) in [7, 11) is 1.51. The second-order valence-electron chi connectivity index (χ2n) is 9.57. The number of benzene rings is 3. The average Bonchev–Trinajstić information content (AvgIpc) is 3.34. The molecule has 0 saturated carbocycles. The van der Waals surface area contributed by atoms with Crippen LogP contribution in [0.4, 0.5) is 4.79 Å². The van der Waals surface area contributed by atoms with Crippen molar-refractivity contribution in [1.82, 2.24) is 14.7 Å². The number of carbonyl (C=O) groups excluding carboxylic acids is 2. The number of nitrogens with zero attached hydrogens (tertiary/aromatic N) is 4. The number of ether oxygens (including phenoxy) is 1. The zero-order chi connectivity index (χ0) is 28.4. The normalized spacial score (nSPS) is 19.1. The summed E-state index contributed by atoms with van der Waals surface area (Å²) in [4.78, 5) is 36.9. The minimum Gasteiger partial charge on any atom is -0.507 e. The third-order valence-corrected chi connectivity index (χ3v) is 7.63. The van der Waals surface area contributed by atoms with Crippen LogP contribution in [0.15, 0.2) is 71.7 Å². The van der Waals surface area contributed by atoms with E-state index in [1.165, 1.54) is 18.1 Å². The van der Waals surface area contributed by atoms with E-state index in [9.17, 15) is 14.7 Å². The van der Waals surface area contributed by atoms with Crippen molar-refractivity contribution in [3.05, 3.63) is 93.5 Å². The fourth-order valence-electron chi connectivity index (χ4n) is 5.10. The highest BCUT2D eigenvalue weighted by Crippen LogP contribution is 2.45. The van der Waals surface area contributed by atoms with Crippen LogP contribution in [0.5, 0.6) is 11.5 Å². The zero-order valence-electron chi connectivity index (χ0n) is 21.8. The predicted molar refractivity (Wildman–Crippen MR) is 154 cm³/mol. The Hall–Kier alpha value is -3.79. The van der Waals surface area contributed by atoms with Crippen LogP contribution >= 0.6 is 23.2 Å². The smallest absolute Gasteiger partial charge is 0.326 e. The zero-order valence-corrected chi connectivity index (χ0v) is 23.3. The molecule has 0 radical (unpaired) electrons. The Morgan fingerprint density at radius 2 is 1.68 bits per heavy atom. The first-order valence-corrected chi connectivity index (χ1v) is 13.6. The van der Waals surface area contributed by atoms with Crippen LogP contribution < -0.4 is 10.5 Å². The Bertz CT molecular complexity index is 1430. The molecule has 2 atom stereocenters.